The van der Waals surface area contributed by atoms with Crippen LogP contribution in [0.2, 0.25) is 0 Å². The van der Waals surface area contributed by atoms with Crippen molar-refractivity contribution in [2.24, 2.45) is 0 Å². The van der Waals surface area contributed by atoms with Crippen LogP contribution in [0, 0.1) is 0 Å². The monoisotopic (exact) mass is 476 g/mol. The predicted octanol–water partition coefficient (Wildman–Crippen LogP) is 2.86. The van der Waals surface area contributed by atoms with E-state index in [0.29, 0.717) is 35.1 Å². The Morgan fingerprint density at radius 1 is 1.16 bits per heavy atom. The Labute approximate surface area is 190 Å². The van der Waals surface area contributed by atoms with Crippen LogP contribution in [0.25, 0.3) is 10.2 Å². The van der Waals surface area contributed by atoms with Gasteiger partial charge < -0.3 is 9.47 Å². The molecule has 0 bridgehead atoms. The highest BCUT2D eigenvalue weighted by molar-refractivity contribution is 7.89. The molecule has 0 aliphatic carbocycles. The van der Waals surface area contributed by atoms with Crippen molar-refractivity contribution in [2.45, 2.75) is 31.0 Å². The first kappa shape index (κ1) is 22.5. The average molecular weight is 477 g/mol. The molecule has 0 radical (unpaired) electrons. The molecule has 0 spiro atoms. The van der Waals surface area contributed by atoms with E-state index >= 15 is 0 Å². The van der Waals surface area contributed by atoms with E-state index in [1.54, 1.807) is 7.11 Å². The van der Waals surface area contributed by atoms with Crippen LogP contribution in [0.3, 0.4) is 0 Å². The zero-order chi connectivity index (χ0) is 22.9. The number of aromatic nitrogens is 1. The topological polar surface area (TPSA) is 110 Å². The molecule has 170 valence electrons. The van der Waals surface area contributed by atoms with Crippen molar-refractivity contribution >= 4 is 42.6 Å². The molecule has 2 atom stereocenters. The number of fused-ring (bicyclic) bond motifs is 1. The van der Waals surface area contributed by atoms with Gasteiger partial charge in [-0.1, -0.05) is 17.4 Å². The van der Waals surface area contributed by atoms with E-state index in [-0.39, 0.29) is 17.1 Å². The van der Waals surface area contributed by atoms with Gasteiger partial charge in [0, 0.05) is 18.7 Å². The Kier molecular flexibility index (Phi) is 6.33. The molecule has 3 aromatic rings. The summed E-state index contributed by atoms with van der Waals surface area (Å²) in [5.74, 6) is 0.243. The number of nitrogens with zero attached hydrogens (tertiary/aromatic N) is 2. The molecule has 1 saturated heterocycles. The molecule has 1 amide bonds. The van der Waals surface area contributed by atoms with Crippen molar-refractivity contribution in [1.82, 2.24) is 14.7 Å². The summed E-state index contributed by atoms with van der Waals surface area (Å²) in [6.07, 6.45) is -0.348. The minimum Gasteiger partial charge on any atom is -0.494 e. The highest BCUT2D eigenvalue weighted by atomic mass is 32.2. The summed E-state index contributed by atoms with van der Waals surface area (Å²) in [6, 6.07) is 11.5. The molecule has 11 heteroatoms. The minimum atomic E-state index is -3.66. The Balaban J connectivity index is 1.43. The van der Waals surface area contributed by atoms with Gasteiger partial charge in [-0.25, -0.2) is 13.4 Å². The number of amides is 1. The van der Waals surface area contributed by atoms with Crippen LogP contribution < -0.4 is 15.6 Å². The molecule has 2 heterocycles. The minimum absolute atomic E-state index is 0.140. The summed E-state index contributed by atoms with van der Waals surface area (Å²) < 4.78 is 39.2. The number of anilines is 1. The van der Waals surface area contributed by atoms with Crippen LogP contribution >= 0.6 is 11.3 Å². The molecule has 1 aliphatic rings. The van der Waals surface area contributed by atoms with Crippen LogP contribution in [-0.4, -0.2) is 56.0 Å². The number of methoxy groups -OCH3 is 1. The standard InChI is InChI=1S/C21H24N4O5S2/c1-13-11-25(12-14(2)30-13)32(27,28)16-9-7-15(8-10-16)20(26)23-24-21-22-19-17(29-3)5-4-6-18(19)31-21/h4-10,13-14H,11-12H2,1-3H3,(H,22,24)(H,23,26). The van der Waals surface area contributed by atoms with E-state index < -0.39 is 15.9 Å². The maximum absolute atomic E-state index is 12.9. The fraction of sp³-hybridized carbons (Fsp3) is 0.333. The van der Waals surface area contributed by atoms with E-state index in [1.807, 2.05) is 32.0 Å². The number of hydrogen-bond acceptors (Lipinski definition) is 8. The number of morpholine rings is 1. The molecular weight excluding hydrogens is 452 g/mol. The third-order valence-corrected chi connectivity index (χ3v) is 7.81. The second-order valence-electron chi connectivity index (χ2n) is 7.51. The van der Waals surface area contributed by atoms with Crippen molar-refractivity contribution in [1.29, 1.82) is 0 Å². The molecule has 1 fully saturated rings. The van der Waals surface area contributed by atoms with Gasteiger partial charge in [-0.2, -0.15) is 4.31 Å². The summed E-state index contributed by atoms with van der Waals surface area (Å²) in [5.41, 5.74) is 6.42. The first-order chi connectivity index (χ1) is 15.3. The summed E-state index contributed by atoms with van der Waals surface area (Å²) in [4.78, 5) is 17.1. The third-order valence-electron chi connectivity index (χ3n) is 5.03. The number of benzene rings is 2. The fourth-order valence-electron chi connectivity index (χ4n) is 3.58. The van der Waals surface area contributed by atoms with Crippen molar-refractivity contribution in [3.8, 4) is 5.75 Å². The first-order valence-corrected chi connectivity index (χ1v) is 12.3. The molecule has 1 aromatic heterocycles. The lowest BCUT2D eigenvalue weighted by Crippen LogP contribution is -2.48. The lowest BCUT2D eigenvalue weighted by Gasteiger charge is -2.34. The number of para-hydroxylation sites is 1. The zero-order valence-corrected chi connectivity index (χ0v) is 19.5. The number of sulfonamides is 1. The molecule has 32 heavy (non-hydrogen) atoms. The van der Waals surface area contributed by atoms with Crippen molar-refractivity contribution < 1.29 is 22.7 Å². The van der Waals surface area contributed by atoms with Crippen molar-refractivity contribution in [2.75, 3.05) is 25.6 Å². The number of thiazole rings is 1. The largest absolute Gasteiger partial charge is 0.494 e. The van der Waals surface area contributed by atoms with E-state index in [4.69, 9.17) is 9.47 Å². The van der Waals surface area contributed by atoms with E-state index in [1.165, 1.54) is 39.9 Å². The van der Waals surface area contributed by atoms with Crippen molar-refractivity contribution in [3.05, 3.63) is 48.0 Å². The number of nitrogens with one attached hydrogen (secondary N) is 2. The van der Waals surface area contributed by atoms with E-state index in [9.17, 15) is 13.2 Å². The Morgan fingerprint density at radius 2 is 1.84 bits per heavy atom. The van der Waals surface area contributed by atoms with Crippen LogP contribution in [-0.2, 0) is 14.8 Å². The number of carbonyl (C=O) groups excluding carboxylic acids is 1. The van der Waals surface area contributed by atoms with E-state index in [0.717, 1.165) is 4.70 Å². The van der Waals surface area contributed by atoms with E-state index in [2.05, 4.69) is 15.8 Å². The number of rotatable bonds is 6. The molecule has 2 unspecified atom stereocenters. The lowest BCUT2D eigenvalue weighted by atomic mass is 10.2. The summed E-state index contributed by atoms with van der Waals surface area (Å²) in [6.45, 7) is 4.29. The quantitative estimate of drug-likeness (QED) is 0.527. The highest BCUT2D eigenvalue weighted by Crippen LogP contribution is 2.31. The van der Waals surface area contributed by atoms with Gasteiger partial charge in [0.1, 0.15) is 11.3 Å². The van der Waals surface area contributed by atoms with Crippen LogP contribution in [0.1, 0.15) is 24.2 Å². The predicted molar refractivity (Wildman–Crippen MR) is 122 cm³/mol. The van der Waals surface area contributed by atoms with Gasteiger partial charge in [0.05, 0.1) is 28.9 Å². The van der Waals surface area contributed by atoms with Crippen LogP contribution in [0.15, 0.2) is 47.4 Å². The molecular formula is C21H24N4O5S2. The summed E-state index contributed by atoms with van der Waals surface area (Å²) in [7, 11) is -2.08. The normalized spacial score (nSPS) is 19.6. The second-order valence-corrected chi connectivity index (χ2v) is 10.5. The molecule has 2 aromatic carbocycles. The van der Waals surface area contributed by atoms with Crippen LogP contribution in [0.4, 0.5) is 5.13 Å². The third kappa shape index (κ3) is 4.56. The number of carbonyl (C=O) groups is 1. The van der Waals surface area contributed by atoms with Gasteiger partial charge in [-0.3, -0.25) is 15.6 Å². The Hall–Kier alpha value is -2.73. The Morgan fingerprint density at radius 3 is 2.50 bits per heavy atom. The number of hydrazine groups is 1. The molecule has 9 nitrogen and oxygen atoms in total. The maximum Gasteiger partial charge on any atom is 0.269 e. The highest BCUT2D eigenvalue weighted by Gasteiger charge is 2.32. The number of ether oxygens (including phenoxy) is 2. The van der Waals surface area contributed by atoms with Gasteiger partial charge in [0.2, 0.25) is 15.2 Å². The SMILES string of the molecule is COc1cccc2sc(NNC(=O)c3ccc(S(=O)(=O)N4CC(C)OC(C)C4)cc3)nc12. The Bertz CT molecular complexity index is 1220. The van der Waals surface area contributed by atoms with Crippen LogP contribution in [0.5, 0.6) is 5.75 Å². The lowest BCUT2D eigenvalue weighted by molar-refractivity contribution is -0.0440. The maximum atomic E-state index is 12.9. The molecule has 4 rings (SSSR count). The second kappa shape index (κ2) is 9.02. The van der Waals surface area contributed by atoms with Gasteiger partial charge in [-0.05, 0) is 50.2 Å². The molecule has 2 N–H and O–H groups in total. The summed E-state index contributed by atoms with van der Waals surface area (Å²) in [5, 5.41) is 0.507. The fourth-order valence-corrected chi connectivity index (χ4v) is 6.01. The zero-order valence-electron chi connectivity index (χ0n) is 17.9. The number of hydrogen-bond donors (Lipinski definition) is 2. The average Bonchev–Trinajstić information content (AvgIpc) is 3.20. The smallest absolute Gasteiger partial charge is 0.269 e. The molecule has 1 aliphatic heterocycles. The summed E-state index contributed by atoms with van der Waals surface area (Å²) >= 11 is 1.37. The van der Waals surface area contributed by atoms with Gasteiger partial charge >= 0.3 is 0 Å². The van der Waals surface area contributed by atoms with Gasteiger partial charge in [0.25, 0.3) is 5.91 Å². The first-order valence-electron chi connectivity index (χ1n) is 10.0. The molecule has 0 saturated carbocycles. The van der Waals surface area contributed by atoms with Crippen molar-refractivity contribution in [3.63, 3.8) is 0 Å². The van der Waals surface area contributed by atoms with Gasteiger partial charge in [-0.15, -0.1) is 0 Å². The van der Waals surface area contributed by atoms with Gasteiger partial charge in [0.15, 0.2) is 0 Å².